The molecule has 0 fully saturated rings. The molecular formula is C34H28ClN5O7. The van der Waals surface area contributed by atoms with E-state index in [1.807, 2.05) is 0 Å². The average molecular weight is 654 g/mol. The normalized spacial score (nSPS) is 12.8. The molecule has 12 nitrogen and oxygen atoms in total. The van der Waals surface area contributed by atoms with E-state index in [2.05, 4.69) is 21.2 Å². The van der Waals surface area contributed by atoms with Gasteiger partial charge in [0.05, 0.1) is 43.3 Å². The fourth-order valence-corrected chi connectivity index (χ4v) is 4.95. The van der Waals surface area contributed by atoms with E-state index >= 15 is 0 Å². The van der Waals surface area contributed by atoms with Gasteiger partial charge < -0.3 is 30.6 Å². The minimum atomic E-state index is -0.711. The number of nitrogens with zero attached hydrogens (tertiary/aromatic N) is 1. The summed E-state index contributed by atoms with van der Waals surface area (Å²) >= 11 is 6.27. The molecule has 0 spiro atoms. The van der Waals surface area contributed by atoms with Crippen LogP contribution >= 0.6 is 11.6 Å². The number of nitrogens with one attached hydrogen (secondary N) is 3. The van der Waals surface area contributed by atoms with Crippen LogP contribution in [0.5, 0.6) is 17.2 Å². The second-order valence-corrected chi connectivity index (χ2v) is 10.4. The van der Waals surface area contributed by atoms with Crippen LogP contribution in [0.4, 0.5) is 17.1 Å². The molecule has 0 heterocycles. The van der Waals surface area contributed by atoms with Crippen molar-refractivity contribution in [2.75, 3.05) is 37.4 Å². The Morgan fingerprint density at radius 1 is 0.745 bits per heavy atom. The molecule has 1 aliphatic carbocycles. The van der Waals surface area contributed by atoms with Gasteiger partial charge in [-0.05, 0) is 60.2 Å². The molecule has 238 valence electrons. The summed E-state index contributed by atoms with van der Waals surface area (Å²) in [5, 5.41) is 10.1. The molecule has 1 aliphatic rings. The Labute approximate surface area is 274 Å². The van der Waals surface area contributed by atoms with Crippen LogP contribution in [-0.2, 0) is 9.59 Å². The summed E-state index contributed by atoms with van der Waals surface area (Å²) in [6.07, 6.45) is 1.48. The number of carbonyl (C=O) groups is 4. The van der Waals surface area contributed by atoms with Gasteiger partial charge in [-0.25, -0.2) is 0 Å². The quantitative estimate of drug-likeness (QED) is 0.135. The highest BCUT2D eigenvalue weighted by atomic mass is 35.5. The molecule has 4 aromatic carbocycles. The molecule has 5 N–H and O–H groups in total. The summed E-state index contributed by atoms with van der Waals surface area (Å²) in [6.45, 7) is 0. The highest BCUT2D eigenvalue weighted by Crippen LogP contribution is 2.36. The van der Waals surface area contributed by atoms with Crippen LogP contribution in [0.2, 0.25) is 5.02 Å². The molecule has 0 saturated carbocycles. The number of ketones is 1. The first kappa shape index (κ1) is 32.3. The lowest BCUT2D eigenvalue weighted by Crippen LogP contribution is -2.30. The van der Waals surface area contributed by atoms with Gasteiger partial charge in [0.15, 0.2) is 0 Å². The third-order valence-electron chi connectivity index (χ3n) is 7.12. The molecule has 4 aromatic rings. The van der Waals surface area contributed by atoms with Crippen molar-refractivity contribution in [3.05, 3.63) is 112 Å². The molecule has 5 rings (SSSR count). The Morgan fingerprint density at radius 2 is 1.43 bits per heavy atom. The molecule has 0 atom stereocenters. The molecule has 0 aliphatic heterocycles. The Bertz CT molecular complexity index is 1970. The van der Waals surface area contributed by atoms with Gasteiger partial charge in [-0.1, -0.05) is 35.9 Å². The largest absolute Gasteiger partial charge is 0.495 e. The monoisotopic (exact) mass is 653 g/mol. The number of hydrogen-bond donors (Lipinski definition) is 4. The summed E-state index contributed by atoms with van der Waals surface area (Å²) < 4.78 is 16.0. The van der Waals surface area contributed by atoms with E-state index in [0.717, 1.165) is 0 Å². The van der Waals surface area contributed by atoms with Crippen LogP contribution in [0.15, 0.2) is 89.5 Å². The number of rotatable bonds is 10. The number of hydrogen-bond acceptors (Lipinski definition) is 9. The number of halogens is 1. The summed E-state index contributed by atoms with van der Waals surface area (Å²) in [5.74, 6) is -1.44. The van der Waals surface area contributed by atoms with Gasteiger partial charge in [0.2, 0.25) is 11.7 Å². The maximum Gasteiger partial charge on any atom is 0.259 e. The minimum Gasteiger partial charge on any atom is -0.495 e. The maximum atomic E-state index is 13.8. The van der Waals surface area contributed by atoms with Crippen molar-refractivity contribution in [1.29, 1.82) is 0 Å². The average Bonchev–Trinajstić information content (AvgIpc) is 3.07. The van der Waals surface area contributed by atoms with E-state index in [-0.39, 0.29) is 39.0 Å². The van der Waals surface area contributed by atoms with Crippen molar-refractivity contribution in [2.24, 2.45) is 10.8 Å². The van der Waals surface area contributed by atoms with Crippen LogP contribution < -0.4 is 36.0 Å². The Balaban J connectivity index is 1.42. The standard InChI is InChI=1S/C34H28ClN5O7/c1-45-27-13-10-20(33(43)37-21-11-8-18(9-12-21)32(36)42)15-26(27)39-40-30-22-7-5-4-6-19(22)14-23(31(30)41)34(44)38-25-16-24(35)28(46-2)17-29(25)47-3/h4-17,39H,1-3H3,(H2,36,42)(H,37,43)(H,38,44)/b40-30+. The number of benzene rings is 4. The number of nitrogens with two attached hydrogens (primary N) is 1. The first-order chi connectivity index (χ1) is 22.6. The summed E-state index contributed by atoms with van der Waals surface area (Å²) in [6, 6.07) is 20.7. The number of primary amides is 1. The van der Waals surface area contributed by atoms with Crippen molar-refractivity contribution < 1.29 is 33.4 Å². The number of anilines is 3. The fraction of sp³-hybridized carbons (Fsp3) is 0.0882. The van der Waals surface area contributed by atoms with E-state index in [0.29, 0.717) is 33.9 Å². The van der Waals surface area contributed by atoms with Crippen LogP contribution in [0, 0.1) is 0 Å². The number of hydrazone groups is 1. The second kappa shape index (κ2) is 13.9. The van der Waals surface area contributed by atoms with Gasteiger partial charge in [0.25, 0.3) is 11.8 Å². The van der Waals surface area contributed by atoms with Crippen molar-refractivity contribution in [2.45, 2.75) is 0 Å². The van der Waals surface area contributed by atoms with Crippen LogP contribution in [0.25, 0.3) is 6.08 Å². The lowest BCUT2D eigenvalue weighted by atomic mass is 9.89. The second-order valence-electron chi connectivity index (χ2n) is 10.00. The van der Waals surface area contributed by atoms with Gasteiger partial charge in [0, 0.05) is 28.4 Å². The number of methoxy groups -OCH3 is 3. The first-order valence-electron chi connectivity index (χ1n) is 13.9. The predicted molar refractivity (Wildman–Crippen MR) is 179 cm³/mol. The highest BCUT2D eigenvalue weighted by Gasteiger charge is 2.31. The molecule has 0 saturated heterocycles. The highest BCUT2D eigenvalue weighted by molar-refractivity contribution is 6.59. The van der Waals surface area contributed by atoms with Crippen molar-refractivity contribution >= 4 is 64.0 Å². The van der Waals surface area contributed by atoms with E-state index in [9.17, 15) is 19.2 Å². The molecule has 0 unspecified atom stereocenters. The lowest BCUT2D eigenvalue weighted by molar-refractivity contribution is -0.116. The van der Waals surface area contributed by atoms with Crippen LogP contribution in [-0.4, -0.2) is 50.5 Å². The third-order valence-corrected chi connectivity index (χ3v) is 7.41. The van der Waals surface area contributed by atoms with Crippen LogP contribution in [0.1, 0.15) is 31.8 Å². The molecule has 0 radical (unpaired) electrons. The van der Waals surface area contributed by atoms with Gasteiger partial charge in [-0.15, -0.1) is 0 Å². The number of ether oxygens (including phenoxy) is 3. The maximum absolute atomic E-state index is 13.8. The number of carbonyl (C=O) groups excluding carboxylic acids is 4. The predicted octanol–water partition coefficient (Wildman–Crippen LogP) is 5.14. The molecule has 47 heavy (non-hydrogen) atoms. The SMILES string of the molecule is COc1cc(OC)c(NC(=O)C2=Cc3ccccc3/C(=N\Nc3cc(C(=O)Nc4ccc(C(N)=O)cc4)ccc3OC)C2=O)cc1Cl. The summed E-state index contributed by atoms with van der Waals surface area (Å²) in [7, 11) is 4.32. The first-order valence-corrected chi connectivity index (χ1v) is 14.3. The van der Waals surface area contributed by atoms with E-state index in [1.54, 1.807) is 48.5 Å². The number of fused-ring (bicyclic) bond motifs is 1. The summed E-state index contributed by atoms with van der Waals surface area (Å²) in [4.78, 5) is 51.6. The Kier molecular flexibility index (Phi) is 9.52. The zero-order valence-electron chi connectivity index (χ0n) is 25.3. The van der Waals surface area contributed by atoms with Gasteiger partial charge in [0.1, 0.15) is 23.0 Å². The molecule has 13 heteroatoms. The molecular weight excluding hydrogens is 626 g/mol. The molecule has 0 bridgehead atoms. The van der Waals surface area contributed by atoms with Gasteiger partial charge in [-0.2, -0.15) is 5.10 Å². The topological polar surface area (TPSA) is 170 Å². The minimum absolute atomic E-state index is 0.0422. The van der Waals surface area contributed by atoms with E-state index in [4.69, 9.17) is 31.5 Å². The smallest absolute Gasteiger partial charge is 0.259 e. The van der Waals surface area contributed by atoms with Crippen molar-refractivity contribution in [1.82, 2.24) is 0 Å². The zero-order chi connectivity index (χ0) is 33.7. The van der Waals surface area contributed by atoms with Crippen molar-refractivity contribution in [3.8, 4) is 17.2 Å². The molecule has 3 amide bonds. The Morgan fingerprint density at radius 3 is 2.11 bits per heavy atom. The number of Topliss-reactive ketones (excluding diaryl/α,β-unsaturated/α-hetero) is 1. The molecule has 0 aromatic heterocycles. The third kappa shape index (κ3) is 6.92. The van der Waals surface area contributed by atoms with E-state index in [1.165, 1.54) is 57.7 Å². The lowest BCUT2D eigenvalue weighted by Gasteiger charge is -2.19. The van der Waals surface area contributed by atoms with Crippen LogP contribution in [0.3, 0.4) is 0 Å². The Hall–Kier alpha value is -6.14. The zero-order valence-corrected chi connectivity index (χ0v) is 26.1. The van der Waals surface area contributed by atoms with Gasteiger partial charge in [-0.3, -0.25) is 24.6 Å². The number of amides is 3. The summed E-state index contributed by atoms with van der Waals surface area (Å²) in [5.41, 5.74) is 10.5. The van der Waals surface area contributed by atoms with Gasteiger partial charge >= 0.3 is 0 Å². The van der Waals surface area contributed by atoms with Crippen molar-refractivity contribution in [3.63, 3.8) is 0 Å². The fourth-order valence-electron chi connectivity index (χ4n) is 4.71. The van der Waals surface area contributed by atoms with E-state index < -0.39 is 23.5 Å².